The number of nitrogens with zero attached hydrogens (tertiary/aromatic N) is 1. The fourth-order valence-corrected chi connectivity index (χ4v) is 1.98. The van der Waals surface area contributed by atoms with Crippen molar-refractivity contribution in [3.05, 3.63) is 41.8 Å². The SMILES string of the molecule is CCC(O)CCNC(=O)c1cn[nH]c1-c1ccccc1F. The number of aliphatic hydroxyl groups excluding tert-OH is 1. The van der Waals surface area contributed by atoms with Gasteiger partial charge in [-0.05, 0) is 25.0 Å². The first kappa shape index (κ1) is 15.2. The van der Waals surface area contributed by atoms with E-state index in [1.807, 2.05) is 6.92 Å². The van der Waals surface area contributed by atoms with Crippen molar-refractivity contribution >= 4 is 5.91 Å². The molecule has 1 heterocycles. The van der Waals surface area contributed by atoms with Crippen LogP contribution in [0.4, 0.5) is 4.39 Å². The molecule has 3 N–H and O–H groups in total. The first-order chi connectivity index (χ1) is 10.1. The molecule has 112 valence electrons. The minimum Gasteiger partial charge on any atom is -0.393 e. The largest absolute Gasteiger partial charge is 0.393 e. The molecule has 0 bridgehead atoms. The van der Waals surface area contributed by atoms with Crippen molar-refractivity contribution in [2.75, 3.05) is 6.54 Å². The molecule has 0 fully saturated rings. The van der Waals surface area contributed by atoms with Gasteiger partial charge < -0.3 is 10.4 Å². The average Bonchev–Trinajstić information content (AvgIpc) is 2.96. The Labute approximate surface area is 122 Å². The number of rotatable bonds is 6. The van der Waals surface area contributed by atoms with E-state index in [1.165, 1.54) is 12.3 Å². The van der Waals surface area contributed by atoms with Crippen molar-refractivity contribution in [1.29, 1.82) is 0 Å². The number of amides is 1. The molecule has 0 aliphatic carbocycles. The Bertz CT molecular complexity index is 612. The van der Waals surface area contributed by atoms with Gasteiger partial charge in [0.15, 0.2) is 0 Å². The molecular formula is C15H18FN3O2. The molecule has 0 spiro atoms. The number of H-pyrrole nitrogens is 1. The maximum Gasteiger partial charge on any atom is 0.255 e. The molecule has 1 amide bonds. The number of nitrogens with one attached hydrogen (secondary N) is 2. The number of aromatic nitrogens is 2. The molecule has 1 atom stereocenters. The van der Waals surface area contributed by atoms with Crippen LogP contribution in [0.1, 0.15) is 30.1 Å². The Kier molecular flexibility index (Phi) is 5.05. The molecular weight excluding hydrogens is 273 g/mol. The summed E-state index contributed by atoms with van der Waals surface area (Å²) in [6.07, 6.45) is 2.06. The zero-order chi connectivity index (χ0) is 15.2. The number of aliphatic hydroxyl groups is 1. The van der Waals surface area contributed by atoms with E-state index in [-0.39, 0.29) is 11.5 Å². The van der Waals surface area contributed by atoms with E-state index in [0.717, 1.165) is 0 Å². The smallest absolute Gasteiger partial charge is 0.255 e. The van der Waals surface area contributed by atoms with Crippen LogP contribution >= 0.6 is 0 Å². The van der Waals surface area contributed by atoms with Crippen LogP contribution in [-0.4, -0.2) is 33.9 Å². The van der Waals surface area contributed by atoms with E-state index >= 15 is 0 Å². The van der Waals surface area contributed by atoms with Crippen molar-refractivity contribution in [1.82, 2.24) is 15.5 Å². The summed E-state index contributed by atoms with van der Waals surface area (Å²) in [7, 11) is 0. The lowest BCUT2D eigenvalue weighted by Crippen LogP contribution is -2.27. The summed E-state index contributed by atoms with van der Waals surface area (Å²) >= 11 is 0. The predicted octanol–water partition coefficient (Wildman–Crippen LogP) is 2.11. The highest BCUT2D eigenvalue weighted by atomic mass is 19.1. The first-order valence-corrected chi connectivity index (χ1v) is 6.88. The maximum atomic E-state index is 13.8. The van der Waals surface area contributed by atoms with Gasteiger partial charge in [-0.25, -0.2) is 4.39 Å². The van der Waals surface area contributed by atoms with E-state index in [2.05, 4.69) is 15.5 Å². The molecule has 21 heavy (non-hydrogen) atoms. The highest BCUT2D eigenvalue weighted by Gasteiger charge is 2.17. The average molecular weight is 291 g/mol. The van der Waals surface area contributed by atoms with Gasteiger partial charge in [0.2, 0.25) is 0 Å². The summed E-state index contributed by atoms with van der Waals surface area (Å²) < 4.78 is 13.8. The van der Waals surface area contributed by atoms with E-state index in [0.29, 0.717) is 30.6 Å². The quantitative estimate of drug-likeness (QED) is 0.762. The summed E-state index contributed by atoms with van der Waals surface area (Å²) in [6, 6.07) is 6.19. The molecule has 0 saturated carbocycles. The lowest BCUT2D eigenvalue weighted by Gasteiger charge is -2.09. The molecule has 5 nitrogen and oxygen atoms in total. The molecule has 2 rings (SSSR count). The zero-order valence-electron chi connectivity index (χ0n) is 11.8. The Hall–Kier alpha value is -2.21. The van der Waals surface area contributed by atoms with Crippen LogP contribution < -0.4 is 5.32 Å². The van der Waals surface area contributed by atoms with E-state index < -0.39 is 11.9 Å². The minimum absolute atomic E-state index is 0.283. The van der Waals surface area contributed by atoms with Gasteiger partial charge in [-0.2, -0.15) is 5.10 Å². The molecule has 0 radical (unpaired) electrons. The second kappa shape index (κ2) is 6.99. The topological polar surface area (TPSA) is 78.0 Å². The van der Waals surface area contributed by atoms with Gasteiger partial charge >= 0.3 is 0 Å². The predicted molar refractivity (Wildman–Crippen MR) is 77.2 cm³/mol. The lowest BCUT2D eigenvalue weighted by atomic mass is 10.1. The number of halogens is 1. The molecule has 0 aliphatic heterocycles. The first-order valence-electron chi connectivity index (χ1n) is 6.88. The number of carbonyl (C=O) groups is 1. The van der Waals surface area contributed by atoms with Crippen molar-refractivity contribution in [3.8, 4) is 11.3 Å². The zero-order valence-corrected chi connectivity index (χ0v) is 11.8. The molecule has 0 aliphatic rings. The lowest BCUT2D eigenvalue weighted by molar-refractivity contribution is 0.0942. The van der Waals surface area contributed by atoms with Crippen molar-refractivity contribution in [2.24, 2.45) is 0 Å². The van der Waals surface area contributed by atoms with Gasteiger partial charge in [0.1, 0.15) is 5.82 Å². The van der Waals surface area contributed by atoms with Gasteiger partial charge in [-0.1, -0.05) is 19.1 Å². The Morgan fingerprint density at radius 2 is 2.24 bits per heavy atom. The van der Waals surface area contributed by atoms with Gasteiger partial charge in [0.05, 0.1) is 23.6 Å². The third-order valence-electron chi connectivity index (χ3n) is 3.26. The number of hydrogen-bond acceptors (Lipinski definition) is 3. The third-order valence-corrected chi connectivity index (χ3v) is 3.26. The summed E-state index contributed by atoms with van der Waals surface area (Å²) in [6.45, 7) is 2.23. The van der Waals surface area contributed by atoms with Crippen LogP contribution in [-0.2, 0) is 0 Å². The van der Waals surface area contributed by atoms with Crippen LogP contribution in [0.3, 0.4) is 0 Å². The molecule has 0 saturated heterocycles. The second-order valence-electron chi connectivity index (χ2n) is 4.75. The van der Waals surface area contributed by atoms with E-state index in [4.69, 9.17) is 0 Å². The Morgan fingerprint density at radius 3 is 2.95 bits per heavy atom. The Balaban J connectivity index is 2.10. The van der Waals surface area contributed by atoms with Crippen LogP contribution in [0.15, 0.2) is 30.5 Å². The van der Waals surface area contributed by atoms with Crippen LogP contribution in [0.2, 0.25) is 0 Å². The van der Waals surface area contributed by atoms with Crippen LogP contribution in [0.25, 0.3) is 11.3 Å². The molecule has 1 aromatic heterocycles. The normalized spacial score (nSPS) is 12.1. The van der Waals surface area contributed by atoms with Gasteiger partial charge in [0.25, 0.3) is 5.91 Å². The monoisotopic (exact) mass is 291 g/mol. The summed E-state index contributed by atoms with van der Waals surface area (Å²) in [5.74, 6) is -0.762. The number of benzene rings is 1. The molecule has 2 aromatic rings. The summed E-state index contributed by atoms with van der Waals surface area (Å²) in [5, 5.41) is 18.6. The summed E-state index contributed by atoms with van der Waals surface area (Å²) in [4.78, 5) is 12.1. The Morgan fingerprint density at radius 1 is 1.48 bits per heavy atom. The van der Waals surface area contributed by atoms with Gasteiger partial charge in [-0.3, -0.25) is 9.89 Å². The fourth-order valence-electron chi connectivity index (χ4n) is 1.98. The standard InChI is InChI=1S/C15H18FN3O2/c1-2-10(20)7-8-17-15(21)12-9-18-19-14(12)11-5-3-4-6-13(11)16/h3-6,9-10,20H,2,7-8H2,1H3,(H,17,21)(H,18,19). The summed E-state index contributed by atoms with van der Waals surface area (Å²) in [5.41, 5.74) is 0.932. The number of carbonyl (C=O) groups excluding carboxylic acids is 1. The fraction of sp³-hybridized carbons (Fsp3) is 0.333. The van der Waals surface area contributed by atoms with Crippen LogP contribution in [0, 0.1) is 5.82 Å². The highest BCUT2D eigenvalue weighted by Crippen LogP contribution is 2.23. The highest BCUT2D eigenvalue weighted by molar-refractivity contribution is 5.99. The number of aromatic amines is 1. The van der Waals surface area contributed by atoms with E-state index in [1.54, 1.807) is 18.2 Å². The van der Waals surface area contributed by atoms with Gasteiger partial charge in [-0.15, -0.1) is 0 Å². The molecule has 6 heteroatoms. The molecule has 1 aromatic carbocycles. The van der Waals surface area contributed by atoms with Crippen molar-refractivity contribution in [2.45, 2.75) is 25.9 Å². The van der Waals surface area contributed by atoms with Crippen molar-refractivity contribution < 1.29 is 14.3 Å². The minimum atomic E-state index is -0.430. The maximum absolute atomic E-state index is 13.8. The van der Waals surface area contributed by atoms with Crippen molar-refractivity contribution in [3.63, 3.8) is 0 Å². The van der Waals surface area contributed by atoms with Gasteiger partial charge in [0, 0.05) is 12.1 Å². The number of hydrogen-bond donors (Lipinski definition) is 3. The van der Waals surface area contributed by atoms with Crippen LogP contribution in [0.5, 0.6) is 0 Å². The molecule has 1 unspecified atom stereocenters. The second-order valence-corrected chi connectivity index (χ2v) is 4.75. The third kappa shape index (κ3) is 3.66. The van der Waals surface area contributed by atoms with E-state index in [9.17, 15) is 14.3 Å².